The monoisotopic (exact) mass is 426 g/mol. The number of halogens is 2. The van der Waals surface area contributed by atoms with Crippen molar-refractivity contribution in [1.29, 1.82) is 0 Å². The van der Waals surface area contributed by atoms with Crippen LogP contribution < -0.4 is 10.7 Å². The maximum absolute atomic E-state index is 14.8. The lowest BCUT2D eigenvalue weighted by atomic mass is 10.1. The standard InChI is InChI=1S/C23H20ClFN2O3/c1-2-9-27-14-19(23(30)26-13-15-5-7-17(24)8-6-15)22(29)18-11-16(4-3-10-28)12-20(25)21(18)27/h5-8,11-12,14,28H,2,9-10,13H2,1H3,(H,26,30). The molecule has 0 aliphatic rings. The van der Waals surface area contributed by atoms with Crippen LogP contribution in [0.4, 0.5) is 4.39 Å². The van der Waals surface area contributed by atoms with Gasteiger partial charge in [-0.25, -0.2) is 4.39 Å². The summed E-state index contributed by atoms with van der Waals surface area (Å²) in [4.78, 5) is 25.7. The highest BCUT2D eigenvalue weighted by Gasteiger charge is 2.18. The van der Waals surface area contributed by atoms with Gasteiger partial charge in [0, 0.05) is 29.9 Å². The van der Waals surface area contributed by atoms with Crippen molar-refractivity contribution in [3.63, 3.8) is 0 Å². The lowest BCUT2D eigenvalue weighted by molar-refractivity contribution is 0.0949. The van der Waals surface area contributed by atoms with Crippen LogP contribution in [0.25, 0.3) is 10.9 Å². The molecular weight excluding hydrogens is 407 g/mol. The minimum atomic E-state index is -0.603. The van der Waals surface area contributed by atoms with Crippen LogP contribution in [-0.4, -0.2) is 22.2 Å². The van der Waals surface area contributed by atoms with Gasteiger partial charge in [-0.05, 0) is 36.2 Å². The van der Waals surface area contributed by atoms with Crippen molar-refractivity contribution >= 4 is 28.4 Å². The van der Waals surface area contributed by atoms with E-state index in [1.54, 1.807) is 28.8 Å². The highest BCUT2D eigenvalue weighted by atomic mass is 35.5. The number of amides is 1. The highest BCUT2D eigenvalue weighted by molar-refractivity contribution is 6.30. The van der Waals surface area contributed by atoms with E-state index in [9.17, 15) is 14.0 Å². The Morgan fingerprint density at radius 1 is 1.27 bits per heavy atom. The fourth-order valence-corrected chi connectivity index (χ4v) is 3.29. The van der Waals surface area contributed by atoms with E-state index in [1.165, 1.54) is 18.3 Å². The second-order valence-corrected chi connectivity index (χ2v) is 7.12. The molecule has 7 heteroatoms. The average molecular weight is 427 g/mol. The summed E-state index contributed by atoms with van der Waals surface area (Å²) in [6.07, 6.45) is 2.09. The van der Waals surface area contributed by atoms with Gasteiger partial charge in [-0.1, -0.05) is 42.5 Å². The number of carbonyl (C=O) groups is 1. The van der Waals surface area contributed by atoms with Gasteiger partial charge in [-0.2, -0.15) is 0 Å². The molecule has 0 aliphatic heterocycles. The van der Waals surface area contributed by atoms with Crippen LogP contribution in [0.2, 0.25) is 5.02 Å². The molecule has 0 radical (unpaired) electrons. The molecule has 0 unspecified atom stereocenters. The van der Waals surface area contributed by atoms with Gasteiger partial charge in [-0.3, -0.25) is 9.59 Å². The van der Waals surface area contributed by atoms with E-state index >= 15 is 0 Å². The van der Waals surface area contributed by atoms with Crippen LogP contribution in [0, 0.1) is 17.7 Å². The Balaban J connectivity index is 2.04. The molecule has 30 heavy (non-hydrogen) atoms. The first-order valence-corrected chi connectivity index (χ1v) is 9.81. The largest absolute Gasteiger partial charge is 0.384 e. The molecule has 0 saturated heterocycles. The molecule has 0 fully saturated rings. The summed E-state index contributed by atoms with van der Waals surface area (Å²) in [5.74, 6) is 3.89. The molecule has 0 spiro atoms. The van der Waals surface area contributed by atoms with Crippen LogP contribution >= 0.6 is 11.6 Å². The Morgan fingerprint density at radius 2 is 2.00 bits per heavy atom. The number of rotatable bonds is 5. The second kappa shape index (κ2) is 9.57. The van der Waals surface area contributed by atoms with Crippen LogP contribution in [0.5, 0.6) is 0 Å². The Morgan fingerprint density at radius 3 is 2.67 bits per heavy atom. The third kappa shape index (κ3) is 4.70. The van der Waals surface area contributed by atoms with E-state index in [1.807, 2.05) is 6.92 Å². The smallest absolute Gasteiger partial charge is 0.257 e. The Hall–Kier alpha value is -3.14. The molecule has 2 N–H and O–H groups in total. The zero-order chi connectivity index (χ0) is 21.7. The molecule has 1 heterocycles. The number of aryl methyl sites for hydroxylation is 1. The van der Waals surface area contributed by atoms with Crippen molar-refractivity contribution in [3.05, 3.63) is 80.3 Å². The van der Waals surface area contributed by atoms with Crippen molar-refractivity contribution in [2.45, 2.75) is 26.4 Å². The molecule has 1 amide bonds. The van der Waals surface area contributed by atoms with Crippen molar-refractivity contribution in [2.75, 3.05) is 6.61 Å². The fourth-order valence-electron chi connectivity index (χ4n) is 3.16. The summed E-state index contributed by atoms with van der Waals surface area (Å²) in [6.45, 7) is 2.19. The first kappa shape index (κ1) is 21.6. The molecule has 0 aliphatic carbocycles. The lowest BCUT2D eigenvalue weighted by Crippen LogP contribution is -2.29. The van der Waals surface area contributed by atoms with Gasteiger partial charge in [0.05, 0.1) is 10.9 Å². The minimum Gasteiger partial charge on any atom is -0.384 e. The minimum absolute atomic E-state index is 0.0726. The quantitative estimate of drug-likeness (QED) is 0.613. The van der Waals surface area contributed by atoms with Crippen LogP contribution in [0.3, 0.4) is 0 Å². The summed E-state index contributed by atoms with van der Waals surface area (Å²) in [5.41, 5.74) is 0.572. The Bertz CT molecular complexity index is 1210. The van der Waals surface area contributed by atoms with Gasteiger partial charge >= 0.3 is 0 Å². The number of nitrogens with zero attached hydrogens (tertiary/aromatic N) is 1. The molecular formula is C23H20ClFN2O3. The van der Waals surface area contributed by atoms with Crippen LogP contribution in [-0.2, 0) is 13.1 Å². The summed E-state index contributed by atoms with van der Waals surface area (Å²) in [5, 5.41) is 12.3. The zero-order valence-corrected chi connectivity index (χ0v) is 17.1. The summed E-state index contributed by atoms with van der Waals surface area (Å²) in [6, 6.07) is 9.65. The fraction of sp³-hybridized carbons (Fsp3) is 0.217. The second-order valence-electron chi connectivity index (χ2n) is 6.69. The Kier molecular flexibility index (Phi) is 6.88. The van der Waals surface area contributed by atoms with Gasteiger partial charge in [-0.15, -0.1) is 0 Å². The van der Waals surface area contributed by atoms with E-state index in [0.717, 1.165) is 5.56 Å². The number of aliphatic hydroxyl groups is 1. The number of pyridine rings is 1. The number of benzene rings is 2. The predicted octanol–water partition coefficient (Wildman–Crippen LogP) is 3.48. The van der Waals surface area contributed by atoms with Gasteiger partial charge in [0.2, 0.25) is 5.43 Å². The number of hydrogen-bond donors (Lipinski definition) is 2. The van der Waals surface area contributed by atoms with Gasteiger partial charge in [0.15, 0.2) is 0 Å². The van der Waals surface area contributed by atoms with Crippen molar-refractivity contribution in [3.8, 4) is 11.8 Å². The van der Waals surface area contributed by atoms with E-state index in [0.29, 0.717) is 18.0 Å². The lowest BCUT2D eigenvalue weighted by Gasteiger charge is -2.14. The number of carbonyl (C=O) groups excluding carboxylic acids is 1. The van der Waals surface area contributed by atoms with Gasteiger partial charge < -0.3 is 15.0 Å². The molecule has 154 valence electrons. The van der Waals surface area contributed by atoms with E-state index in [2.05, 4.69) is 17.2 Å². The SMILES string of the molecule is CCCn1cc(C(=O)NCc2ccc(Cl)cc2)c(=O)c2cc(C#CCO)cc(F)c21. The van der Waals surface area contributed by atoms with E-state index in [4.69, 9.17) is 16.7 Å². The van der Waals surface area contributed by atoms with Crippen LogP contribution in [0.1, 0.15) is 34.8 Å². The first-order valence-electron chi connectivity index (χ1n) is 9.43. The Labute approximate surface area is 178 Å². The van der Waals surface area contributed by atoms with Gasteiger partial charge in [0.1, 0.15) is 18.0 Å². The highest BCUT2D eigenvalue weighted by Crippen LogP contribution is 2.19. The summed E-state index contributed by atoms with van der Waals surface area (Å²) < 4.78 is 16.3. The molecule has 1 aromatic heterocycles. The third-order valence-corrected chi connectivity index (χ3v) is 4.76. The van der Waals surface area contributed by atoms with Crippen molar-refractivity contribution in [1.82, 2.24) is 9.88 Å². The van der Waals surface area contributed by atoms with E-state index < -0.39 is 17.2 Å². The van der Waals surface area contributed by atoms with Crippen LogP contribution in [0.15, 0.2) is 47.4 Å². The third-order valence-electron chi connectivity index (χ3n) is 4.51. The maximum Gasteiger partial charge on any atom is 0.257 e. The molecule has 0 atom stereocenters. The predicted molar refractivity (Wildman–Crippen MR) is 115 cm³/mol. The number of fused-ring (bicyclic) bond motifs is 1. The van der Waals surface area contributed by atoms with Crippen molar-refractivity contribution < 1.29 is 14.3 Å². The van der Waals surface area contributed by atoms with Gasteiger partial charge in [0.25, 0.3) is 5.91 Å². The molecule has 5 nitrogen and oxygen atoms in total. The molecule has 3 rings (SSSR count). The number of nitrogens with one attached hydrogen (secondary N) is 1. The topological polar surface area (TPSA) is 71.3 Å². The molecule has 0 saturated carbocycles. The first-order chi connectivity index (χ1) is 14.4. The molecule has 2 aromatic carbocycles. The number of aromatic nitrogens is 1. The average Bonchev–Trinajstić information content (AvgIpc) is 2.73. The molecule has 3 aromatic rings. The maximum atomic E-state index is 14.8. The summed E-state index contributed by atoms with van der Waals surface area (Å²) in [7, 11) is 0. The normalized spacial score (nSPS) is 10.5. The number of hydrogen-bond acceptors (Lipinski definition) is 3. The van der Waals surface area contributed by atoms with Crippen molar-refractivity contribution in [2.24, 2.45) is 0 Å². The number of aliphatic hydroxyl groups excluding tert-OH is 1. The van der Waals surface area contributed by atoms with E-state index in [-0.39, 0.29) is 35.2 Å². The summed E-state index contributed by atoms with van der Waals surface area (Å²) >= 11 is 5.87. The molecule has 0 bridgehead atoms. The zero-order valence-electron chi connectivity index (χ0n) is 16.3.